The normalized spacial score (nSPS) is 19.1. The highest BCUT2D eigenvalue weighted by molar-refractivity contribution is 8.00. The van der Waals surface area contributed by atoms with Crippen LogP contribution in [0.2, 0.25) is 0 Å². The maximum Gasteiger partial charge on any atom is 0.270 e. The Morgan fingerprint density at radius 3 is 2.93 bits per heavy atom. The van der Waals surface area contributed by atoms with E-state index in [2.05, 4.69) is 18.7 Å². The summed E-state index contributed by atoms with van der Waals surface area (Å²) in [5.41, 5.74) is 1.28. The van der Waals surface area contributed by atoms with Crippen LogP contribution in [-0.4, -0.2) is 16.8 Å². The summed E-state index contributed by atoms with van der Waals surface area (Å²) in [6.45, 7) is 5.13. The number of non-ortho nitro benzene ring substituents is 1. The molecule has 0 fully saturated rings. The van der Waals surface area contributed by atoms with Crippen molar-refractivity contribution in [3.05, 3.63) is 28.3 Å². The molecule has 0 aliphatic carbocycles. The molecule has 0 radical (unpaired) electrons. The first-order chi connectivity index (χ1) is 7.13. The SMILES string of the molecule is CCN1c2ccc([N+](=O)[O-])cc2SC1C. The summed E-state index contributed by atoms with van der Waals surface area (Å²) in [5.74, 6) is 0. The summed E-state index contributed by atoms with van der Waals surface area (Å²) in [6, 6.07) is 5.07. The van der Waals surface area contributed by atoms with Crippen LogP contribution in [0.4, 0.5) is 11.4 Å². The fourth-order valence-corrected chi connectivity index (χ4v) is 3.07. The lowest BCUT2D eigenvalue weighted by atomic mass is 10.2. The van der Waals surface area contributed by atoms with E-state index in [0.717, 1.165) is 17.1 Å². The van der Waals surface area contributed by atoms with Crippen molar-refractivity contribution in [3.8, 4) is 0 Å². The van der Waals surface area contributed by atoms with Crippen LogP contribution in [0.5, 0.6) is 0 Å². The highest BCUT2D eigenvalue weighted by Gasteiger charge is 2.26. The average Bonchev–Trinajstić information content (AvgIpc) is 2.51. The van der Waals surface area contributed by atoms with E-state index in [4.69, 9.17) is 0 Å². The number of rotatable bonds is 2. The predicted octanol–water partition coefficient (Wildman–Crippen LogP) is 2.87. The van der Waals surface area contributed by atoms with Gasteiger partial charge in [-0.1, -0.05) is 11.8 Å². The number of hydrogen-bond donors (Lipinski definition) is 0. The van der Waals surface area contributed by atoms with Crippen molar-refractivity contribution in [2.75, 3.05) is 11.4 Å². The fourth-order valence-electron chi connectivity index (χ4n) is 1.82. The van der Waals surface area contributed by atoms with Gasteiger partial charge >= 0.3 is 0 Å². The molecule has 1 aromatic carbocycles. The summed E-state index contributed by atoms with van der Waals surface area (Å²) >= 11 is 1.68. The van der Waals surface area contributed by atoms with Crippen LogP contribution in [0.25, 0.3) is 0 Å². The molecule has 1 aliphatic rings. The maximum absolute atomic E-state index is 10.6. The monoisotopic (exact) mass is 224 g/mol. The van der Waals surface area contributed by atoms with Crippen molar-refractivity contribution in [2.45, 2.75) is 24.1 Å². The minimum atomic E-state index is -0.347. The van der Waals surface area contributed by atoms with E-state index in [-0.39, 0.29) is 10.6 Å². The molecule has 0 saturated heterocycles. The van der Waals surface area contributed by atoms with Crippen molar-refractivity contribution in [1.29, 1.82) is 0 Å². The topological polar surface area (TPSA) is 46.4 Å². The van der Waals surface area contributed by atoms with Crippen molar-refractivity contribution in [2.24, 2.45) is 0 Å². The van der Waals surface area contributed by atoms with E-state index < -0.39 is 0 Å². The molecule has 80 valence electrons. The van der Waals surface area contributed by atoms with Crippen LogP contribution < -0.4 is 4.90 Å². The molecule has 1 aromatic rings. The third-order valence-corrected chi connectivity index (χ3v) is 3.72. The van der Waals surface area contributed by atoms with E-state index >= 15 is 0 Å². The van der Waals surface area contributed by atoms with Gasteiger partial charge in [-0.2, -0.15) is 0 Å². The second-order valence-corrected chi connectivity index (χ2v) is 4.77. The van der Waals surface area contributed by atoms with E-state index in [1.54, 1.807) is 23.9 Å². The van der Waals surface area contributed by atoms with Crippen LogP contribution >= 0.6 is 11.8 Å². The summed E-state index contributed by atoms with van der Waals surface area (Å²) in [6.07, 6.45) is 0. The Labute approximate surface area is 92.4 Å². The van der Waals surface area contributed by atoms with Crippen molar-refractivity contribution < 1.29 is 4.92 Å². The van der Waals surface area contributed by atoms with E-state index in [1.165, 1.54) is 0 Å². The van der Waals surface area contributed by atoms with Gasteiger partial charge in [-0.05, 0) is 19.9 Å². The first-order valence-corrected chi connectivity index (χ1v) is 5.73. The second-order valence-electron chi connectivity index (χ2n) is 3.41. The molecule has 5 heteroatoms. The molecule has 0 bridgehead atoms. The van der Waals surface area contributed by atoms with Crippen molar-refractivity contribution in [3.63, 3.8) is 0 Å². The highest BCUT2D eigenvalue weighted by Crippen LogP contribution is 2.44. The van der Waals surface area contributed by atoms with Gasteiger partial charge in [0.15, 0.2) is 0 Å². The summed E-state index contributed by atoms with van der Waals surface area (Å²) in [4.78, 5) is 13.5. The minimum absolute atomic E-state index is 0.173. The zero-order chi connectivity index (χ0) is 11.0. The summed E-state index contributed by atoms with van der Waals surface area (Å²) < 4.78 is 0. The highest BCUT2D eigenvalue weighted by atomic mass is 32.2. The van der Waals surface area contributed by atoms with E-state index in [9.17, 15) is 10.1 Å². The number of benzene rings is 1. The molecule has 1 heterocycles. The lowest BCUT2D eigenvalue weighted by Gasteiger charge is -2.21. The van der Waals surface area contributed by atoms with Gasteiger partial charge in [-0.3, -0.25) is 10.1 Å². The first-order valence-electron chi connectivity index (χ1n) is 4.85. The van der Waals surface area contributed by atoms with E-state index in [0.29, 0.717) is 5.37 Å². The number of anilines is 1. The molecule has 0 saturated carbocycles. The molecule has 0 N–H and O–H groups in total. The van der Waals surface area contributed by atoms with Gasteiger partial charge < -0.3 is 4.90 Å². The zero-order valence-corrected chi connectivity index (χ0v) is 9.45. The molecule has 15 heavy (non-hydrogen) atoms. The number of nitro groups is 1. The van der Waals surface area contributed by atoms with Gasteiger partial charge in [0.1, 0.15) is 0 Å². The molecule has 4 nitrogen and oxygen atoms in total. The molecule has 0 aromatic heterocycles. The first kappa shape index (κ1) is 10.3. The standard InChI is InChI=1S/C10H12N2O2S/c1-3-11-7(2)15-10-6-8(12(13)14)4-5-9(10)11/h4-7H,3H2,1-2H3. The Morgan fingerprint density at radius 1 is 1.60 bits per heavy atom. The molecule has 1 aliphatic heterocycles. The van der Waals surface area contributed by atoms with Crippen molar-refractivity contribution in [1.82, 2.24) is 0 Å². The Hall–Kier alpha value is -1.23. The predicted molar refractivity (Wildman–Crippen MR) is 61.4 cm³/mol. The second kappa shape index (κ2) is 3.73. The fraction of sp³-hybridized carbons (Fsp3) is 0.400. The van der Waals surface area contributed by atoms with Crippen LogP contribution in [0.1, 0.15) is 13.8 Å². The lowest BCUT2D eigenvalue weighted by molar-refractivity contribution is -0.385. The Balaban J connectivity index is 2.41. The van der Waals surface area contributed by atoms with Crippen molar-refractivity contribution >= 4 is 23.1 Å². The summed E-state index contributed by atoms with van der Waals surface area (Å²) in [7, 11) is 0. The minimum Gasteiger partial charge on any atom is -0.359 e. The van der Waals surface area contributed by atoms with Crippen LogP contribution in [0.3, 0.4) is 0 Å². The maximum atomic E-state index is 10.6. The van der Waals surface area contributed by atoms with Gasteiger partial charge in [0, 0.05) is 23.6 Å². The molecular weight excluding hydrogens is 212 g/mol. The van der Waals surface area contributed by atoms with Gasteiger partial charge in [0.05, 0.1) is 16.0 Å². The molecule has 0 amide bonds. The molecule has 2 rings (SSSR count). The van der Waals surface area contributed by atoms with E-state index in [1.807, 2.05) is 6.07 Å². The van der Waals surface area contributed by atoms with Crippen LogP contribution in [-0.2, 0) is 0 Å². The number of hydrogen-bond acceptors (Lipinski definition) is 4. The lowest BCUT2D eigenvalue weighted by Crippen LogP contribution is -2.25. The number of nitrogens with zero attached hydrogens (tertiary/aromatic N) is 2. The quantitative estimate of drug-likeness (QED) is 0.572. The third kappa shape index (κ3) is 1.67. The smallest absolute Gasteiger partial charge is 0.270 e. The largest absolute Gasteiger partial charge is 0.359 e. The Bertz CT molecular complexity index is 408. The number of fused-ring (bicyclic) bond motifs is 1. The number of nitro benzene ring substituents is 1. The van der Waals surface area contributed by atoms with Crippen LogP contribution in [0, 0.1) is 10.1 Å². The molecule has 0 spiro atoms. The van der Waals surface area contributed by atoms with Gasteiger partial charge in [-0.25, -0.2) is 0 Å². The Morgan fingerprint density at radius 2 is 2.33 bits per heavy atom. The average molecular weight is 224 g/mol. The molecule has 1 atom stereocenters. The van der Waals surface area contributed by atoms with Gasteiger partial charge in [0.2, 0.25) is 0 Å². The molecular formula is C10H12N2O2S. The third-order valence-electron chi connectivity index (χ3n) is 2.54. The molecule has 1 unspecified atom stereocenters. The van der Waals surface area contributed by atoms with Gasteiger partial charge in [-0.15, -0.1) is 0 Å². The summed E-state index contributed by atoms with van der Waals surface area (Å²) in [5, 5.41) is 11.0. The zero-order valence-electron chi connectivity index (χ0n) is 8.64. The van der Waals surface area contributed by atoms with Gasteiger partial charge in [0.25, 0.3) is 5.69 Å². The van der Waals surface area contributed by atoms with Crippen LogP contribution in [0.15, 0.2) is 23.1 Å². The Kier molecular flexibility index (Phi) is 2.56. The number of thioether (sulfide) groups is 1.